The van der Waals surface area contributed by atoms with E-state index in [4.69, 9.17) is 13.9 Å². The van der Waals surface area contributed by atoms with Gasteiger partial charge in [0.25, 0.3) is 8.32 Å². The molecule has 1 aliphatic rings. The van der Waals surface area contributed by atoms with E-state index < -0.39 is 8.32 Å². The largest absolute Gasteiger partial charge is 0.405 e. The van der Waals surface area contributed by atoms with Crippen LogP contribution in [0.15, 0.2) is 91.0 Å². The van der Waals surface area contributed by atoms with Crippen molar-refractivity contribution in [3.8, 4) is 0 Å². The Bertz CT molecular complexity index is 911. The summed E-state index contributed by atoms with van der Waals surface area (Å²) in [7, 11) is -2.57. The van der Waals surface area contributed by atoms with Crippen molar-refractivity contribution in [1.82, 2.24) is 0 Å². The van der Waals surface area contributed by atoms with Crippen LogP contribution in [0.25, 0.3) is 0 Å². The predicted octanol–water partition coefficient (Wildman–Crippen LogP) is 4.94. The van der Waals surface area contributed by atoms with Crippen LogP contribution in [0, 0.1) is 0 Å². The molecule has 32 heavy (non-hydrogen) atoms. The van der Waals surface area contributed by atoms with Gasteiger partial charge >= 0.3 is 0 Å². The van der Waals surface area contributed by atoms with Crippen LogP contribution in [0.4, 0.5) is 0 Å². The highest BCUT2D eigenvalue weighted by Crippen LogP contribution is 2.37. The minimum atomic E-state index is -2.57. The predicted molar refractivity (Wildman–Crippen MR) is 133 cm³/mol. The van der Waals surface area contributed by atoms with Crippen molar-refractivity contribution in [2.75, 3.05) is 13.2 Å². The van der Waals surface area contributed by atoms with Gasteiger partial charge in [0.15, 0.2) is 0 Å². The normalized spacial score (nSPS) is 17.2. The smallest absolute Gasteiger partial charge is 0.261 e. The first-order valence-corrected chi connectivity index (χ1v) is 13.4. The summed E-state index contributed by atoms with van der Waals surface area (Å²) in [5, 5.41) is 2.54. The third kappa shape index (κ3) is 5.38. The number of hydrogen-bond donors (Lipinski definition) is 0. The van der Waals surface area contributed by atoms with E-state index in [2.05, 4.69) is 106 Å². The highest BCUT2D eigenvalue weighted by atomic mass is 28.4. The molecule has 0 amide bonds. The highest BCUT2D eigenvalue weighted by molar-refractivity contribution is 6.99. The first kappa shape index (κ1) is 22.9. The van der Waals surface area contributed by atoms with Gasteiger partial charge in [-0.25, -0.2) is 0 Å². The van der Waals surface area contributed by atoms with Gasteiger partial charge in [0.2, 0.25) is 0 Å². The Kier molecular flexibility index (Phi) is 7.26. The van der Waals surface area contributed by atoms with Crippen LogP contribution in [0.2, 0.25) is 5.04 Å². The SMILES string of the molecule is CC(C)(C)[Si](OC[C@H](C[C@@H]1CO1)OCc1ccccc1)(c1ccccc1)c1ccccc1. The molecule has 0 bridgehead atoms. The molecule has 1 fully saturated rings. The molecule has 4 rings (SSSR count). The van der Waals surface area contributed by atoms with Crippen LogP contribution >= 0.6 is 0 Å². The zero-order chi connectivity index (χ0) is 22.4. The maximum absolute atomic E-state index is 7.10. The van der Waals surface area contributed by atoms with E-state index >= 15 is 0 Å². The summed E-state index contributed by atoms with van der Waals surface area (Å²) in [5.74, 6) is 0. The fourth-order valence-electron chi connectivity index (χ4n) is 4.45. The number of epoxide rings is 1. The van der Waals surface area contributed by atoms with Gasteiger partial charge in [0.1, 0.15) is 0 Å². The fourth-order valence-corrected chi connectivity index (χ4v) is 9.04. The van der Waals surface area contributed by atoms with Crippen molar-refractivity contribution in [2.24, 2.45) is 0 Å². The highest BCUT2D eigenvalue weighted by Gasteiger charge is 2.50. The molecule has 0 aromatic heterocycles. The summed E-state index contributed by atoms with van der Waals surface area (Å²) >= 11 is 0. The lowest BCUT2D eigenvalue weighted by molar-refractivity contribution is -0.00172. The van der Waals surface area contributed by atoms with E-state index in [0.717, 1.165) is 13.0 Å². The number of ether oxygens (including phenoxy) is 2. The summed E-state index contributed by atoms with van der Waals surface area (Å²) in [6, 6.07) is 31.9. The summed E-state index contributed by atoms with van der Waals surface area (Å²) < 4.78 is 19.0. The molecule has 0 radical (unpaired) electrons. The van der Waals surface area contributed by atoms with E-state index in [0.29, 0.717) is 19.3 Å². The van der Waals surface area contributed by atoms with Crippen LogP contribution in [0.1, 0.15) is 32.8 Å². The molecule has 0 aliphatic carbocycles. The Labute approximate surface area is 193 Å². The molecular weight excluding hydrogens is 412 g/mol. The van der Waals surface area contributed by atoms with E-state index in [1.165, 1.54) is 15.9 Å². The molecule has 0 N–H and O–H groups in total. The van der Waals surface area contributed by atoms with Gasteiger partial charge in [-0.15, -0.1) is 0 Å². The van der Waals surface area contributed by atoms with Crippen LogP contribution in [-0.2, 0) is 20.5 Å². The van der Waals surface area contributed by atoms with Crippen LogP contribution < -0.4 is 10.4 Å². The fraction of sp³-hybridized carbons (Fsp3) is 0.357. The Morgan fingerprint density at radius 2 is 1.34 bits per heavy atom. The van der Waals surface area contributed by atoms with Gasteiger partial charge in [-0.3, -0.25) is 0 Å². The number of rotatable bonds is 10. The molecule has 0 saturated carbocycles. The average Bonchev–Trinajstić information content (AvgIpc) is 3.63. The maximum atomic E-state index is 7.10. The molecule has 1 heterocycles. The molecule has 1 saturated heterocycles. The molecule has 3 aromatic carbocycles. The second-order valence-corrected chi connectivity index (χ2v) is 13.9. The van der Waals surface area contributed by atoms with Crippen molar-refractivity contribution in [1.29, 1.82) is 0 Å². The minimum Gasteiger partial charge on any atom is -0.405 e. The summed E-state index contributed by atoms with van der Waals surface area (Å²) in [6.45, 7) is 8.89. The molecule has 3 nitrogen and oxygen atoms in total. The molecule has 1 aliphatic heterocycles. The lowest BCUT2D eigenvalue weighted by atomic mass is 10.2. The zero-order valence-corrected chi connectivity index (χ0v) is 20.4. The molecule has 0 unspecified atom stereocenters. The quantitative estimate of drug-likeness (QED) is 0.327. The Hall–Kier alpha value is -2.24. The number of benzene rings is 3. The van der Waals surface area contributed by atoms with Crippen LogP contribution in [-0.4, -0.2) is 33.7 Å². The van der Waals surface area contributed by atoms with Gasteiger partial charge in [0.05, 0.1) is 32.0 Å². The van der Waals surface area contributed by atoms with E-state index in [1.807, 2.05) is 6.07 Å². The third-order valence-corrected chi connectivity index (χ3v) is 11.2. The Morgan fingerprint density at radius 3 is 1.81 bits per heavy atom. The van der Waals surface area contributed by atoms with E-state index in [9.17, 15) is 0 Å². The molecular formula is C28H34O3Si. The van der Waals surface area contributed by atoms with Crippen LogP contribution in [0.5, 0.6) is 0 Å². The monoisotopic (exact) mass is 446 g/mol. The third-order valence-electron chi connectivity index (χ3n) is 6.16. The molecule has 0 spiro atoms. The van der Waals surface area contributed by atoms with Crippen molar-refractivity contribution >= 4 is 18.7 Å². The van der Waals surface area contributed by atoms with Gasteiger partial charge < -0.3 is 13.9 Å². The average molecular weight is 447 g/mol. The Balaban J connectivity index is 1.61. The molecule has 168 valence electrons. The minimum absolute atomic E-state index is 0.00986. The maximum Gasteiger partial charge on any atom is 0.261 e. The lowest BCUT2D eigenvalue weighted by Crippen LogP contribution is -2.67. The van der Waals surface area contributed by atoms with Crippen LogP contribution in [0.3, 0.4) is 0 Å². The Morgan fingerprint density at radius 1 is 0.844 bits per heavy atom. The van der Waals surface area contributed by atoms with Crippen molar-refractivity contribution in [3.05, 3.63) is 96.6 Å². The molecule has 4 heteroatoms. The van der Waals surface area contributed by atoms with Gasteiger partial charge in [-0.05, 0) is 21.0 Å². The zero-order valence-electron chi connectivity index (χ0n) is 19.4. The summed E-state index contributed by atoms with van der Waals surface area (Å²) in [6.07, 6.45) is 1.15. The molecule has 3 aromatic rings. The van der Waals surface area contributed by atoms with Gasteiger partial charge in [-0.1, -0.05) is 112 Å². The van der Waals surface area contributed by atoms with Crippen molar-refractivity contribution in [3.63, 3.8) is 0 Å². The summed E-state index contributed by atoms with van der Waals surface area (Å²) in [5.41, 5.74) is 1.18. The lowest BCUT2D eigenvalue weighted by Gasteiger charge is -2.43. The standard InChI is InChI=1S/C28H34O3Si/c1-28(2,3)32(26-15-9-5-10-16-26,27-17-11-6-12-18-27)31-22-25(19-24-21-30-24)29-20-23-13-7-4-8-14-23/h4-18,24-25H,19-22H2,1-3H3/t24-,25+/m1/s1. The van der Waals surface area contributed by atoms with Gasteiger partial charge in [0, 0.05) is 6.42 Å². The second-order valence-electron chi connectivity index (χ2n) is 9.58. The first-order chi connectivity index (χ1) is 15.5. The van der Waals surface area contributed by atoms with E-state index in [1.54, 1.807) is 0 Å². The second kappa shape index (κ2) is 10.1. The van der Waals surface area contributed by atoms with Crippen molar-refractivity contribution in [2.45, 2.75) is 51.0 Å². The molecule has 2 atom stereocenters. The van der Waals surface area contributed by atoms with Gasteiger partial charge in [-0.2, -0.15) is 0 Å². The first-order valence-electron chi connectivity index (χ1n) is 11.5. The topological polar surface area (TPSA) is 31.0 Å². The summed E-state index contributed by atoms with van der Waals surface area (Å²) in [4.78, 5) is 0. The van der Waals surface area contributed by atoms with E-state index in [-0.39, 0.29) is 11.1 Å². The van der Waals surface area contributed by atoms with Crippen molar-refractivity contribution < 1.29 is 13.9 Å². The number of hydrogen-bond acceptors (Lipinski definition) is 3.